The molecule has 0 amide bonds. The molecule has 0 aliphatic carbocycles. The van der Waals surface area contributed by atoms with Crippen molar-refractivity contribution < 1.29 is 28.4 Å². The summed E-state index contributed by atoms with van der Waals surface area (Å²) >= 11 is 0. The van der Waals surface area contributed by atoms with Gasteiger partial charge in [0.1, 0.15) is 6.33 Å². The minimum absolute atomic E-state index is 0.394. The Morgan fingerprint density at radius 2 is 1.12 bits per heavy atom. The molecule has 0 radical (unpaired) electrons. The smallest absolute Gasteiger partial charge is 0.224 e. The maximum atomic E-state index is 5.63. The highest BCUT2D eigenvalue weighted by Gasteiger charge is 2.28. The highest BCUT2D eigenvalue weighted by atomic mass is 16.5. The van der Waals surface area contributed by atoms with Gasteiger partial charge in [-0.25, -0.2) is 19.9 Å². The van der Waals surface area contributed by atoms with Crippen molar-refractivity contribution >= 4 is 39.1 Å². The Morgan fingerprint density at radius 3 is 1.58 bits per heavy atom. The van der Waals surface area contributed by atoms with Gasteiger partial charge in [-0.05, 0) is 61.8 Å². The first kappa shape index (κ1) is 41.6. The quantitative estimate of drug-likeness (QED) is 0.145. The number of nitrogens with zero attached hydrogens (tertiary/aromatic N) is 11. The number of fused-ring (bicyclic) bond motifs is 2. The molecule has 6 heterocycles. The van der Waals surface area contributed by atoms with Gasteiger partial charge in [0, 0.05) is 81.2 Å². The van der Waals surface area contributed by atoms with Crippen LogP contribution >= 0.6 is 0 Å². The number of hydrogen-bond donors (Lipinski definition) is 0. The second-order valence-corrected chi connectivity index (χ2v) is 14.9. The SMILES string of the molecule is COc1cc2c(N3CCC(Cc4cncnc4)CC3)nncc2c(OC)c1OC.COc1cc2c(N3CCC(c4ccnc(N(C)C)n4)CC3)nncc2c(OC)c1OC. The predicted octanol–water partition coefficient (Wildman–Crippen LogP) is 5.80. The normalized spacial score (nSPS) is 14.7. The zero-order chi connectivity index (χ0) is 42.2. The minimum atomic E-state index is 0.394. The van der Waals surface area contributed by atoms with Crippen LogP contribution in [0.15, 0.2) is 55.5 Å². The molecule has 2 fully saturated rings. The zero-order valence-electron chi connectivity index (χ0n) is 35.6. The molecule has 17 heteroatoms. The summed E-state index contributed by atoms with van der Waals surface area (Å²) < 4.78 is 33.3. The molecule has 6 aromatic rings. The molecule has 0 N–H and O–H groups in total. The molecule has 8 rings (SSSR count). The molecule has 2 saturated heterocycles. The van der Waals surface area contributed by atoms with Crippen LogP contribution in [0.1, 0.15) is 42.9 Å². The van der Waals surface area contributed by atoms with E-state index in [1.54, 1.807) is 61.4 Å². The third kappa shape index (κ3) is 8.60. The van der Waals surface area contributed by atoms with Crippen molar-refractivity contribution in [1.29, 1.82) is 0 Å². The lowest BCUT2D eigenvalue weighted by molar-refractivity contribution is 0.327. The Balaban J connectivity index is 0.000000182. The van der Waals surface area contributed by atoms with Crippen LogP contribution in [0.25, 0.3) is 21.5 Å². The summed E-state index contributed by atoms with van der Waals surface area (Å²) in [5.41, 5.74) is 2.29. The van der Waals surface area contributed by atoms with Gasteiger partial charge in [0.25, 0.3) is 0 Å². The standard InChI is InChI=1S/C22H28N6O3.C21H25N5O3/c1-27(2)22-23-9-6-17(25-22)14-7-10-28(11-8-14)21-15-12-18(29-3)20(31-5)19(30-4)16(15)13-24-26-21;1-27-18-9-16-17(19(28-2)20(18)29-3)12-24-25-21(16)26-6-4-14(5-7-26)8-15-10-22-13-23-11-15/h6,9,12-14H,7-8,10-11H2,1-5H3;9-14H,4-8H2,1-3H3. The van der Waals surface area contributed by atoms with E-state index in [2.05, 4.69) is 45.1 Å². The van der Waals surface area contributed by atoms with Crippen LogP contribution in [0.2, 0.25) is 0 Å². The third-order valence-corrected chi connectivity index (χ3v) is 11.2. The topological polar surface area (TPSA) is 168 Å². The van der Waals surface area contributed by atoms with E-state index >= 15 is 0 Å². The summed E-state index contributed by atoms with van der Waals surface area (Å²) in [5, 5.41) is 21.0. The molecular weight excluding hydrogens is 767 g/mol. The Kier molecular flexibility index (Phi) is 13.2. The van der Waals surface area contributed by atoms with Crippen molar-refractivity contribution in [2.24, 2.45) is 5.92 Å². The highest BCUT2D eigenvalue weighted by molar-refractivity contribution is 6.00. The summed E-state index contributed by atoms with van der Waals surface area (Å²) in [6.07, 6.45) is 15.8. The van der Waals surface area contributed by atoms with E-state index < -0.39 is 0 Å². The molecule has 17 nitrogen and oxygen atoms in total. The summed E-state index contributed by atoms with van der Waals surface area (Å²) in [5.74, 6) is 6.97. The molecule has 2 aromatic carbocycles. The van der Waals surface area contributed by atoms with Crippen molar-refractivity contribution in [3.05, 3.63) is 66.8 Å². The van der Waals surface area contributed by atoms with Gasteiger partial charge in [-0.3, -0.25) is 0 Å². The minimum Gasteiger partial charge on any atom is -0.493 e. The molecule has 2 aliphatic rings. The van der Waals surface area contributed by atoms with E-state index in [1.165, 1.54) is 5.56 Å². The number of hydrogen-bond acceptors (Lipinski definition) is 17. The molecule has 2 aliphatic heterocycles. The number of ether oxygens (including phenoxy) is 6. The number of rotatable bonds is 12. The van der Waals surface area contributed by atoms with Gasteiger partial charge in [0.15, 0.2) is 34.6 Å². The van der Waals surface area contributed by atoms with Crippen molar-refractivity contribution in [3.8, 4) is 34.5 Å². The van der Waals surface area contributed by atoms with Crippen molar-refractivity contribution in [3.63, 3.8) is 0 Å². The van der Waals surface area contributed by atoms with Gasteiger partial charge < -0.3 is 43.1 Å². The van der Waals surface area contributed by atoms with E-state index in [0.717, 1.165) is 103 Å². The van der Waals surface area contributed by atoms with Gasteiger partial charge in [-0.1, -0.05) is 0 Å². The first-order valence-corrected chi connectivity index (χ1v) is 19.9. The van der Waals surface area contributed by atoms with Gasteiger partial charge in [0.2, 0.25) is 17.4 Å². The van der Waals surface area contributed by atoms with E-state index in [1.807, 2.05) is 55.8 Å². The number of piperidine rings is 2. The molecule has 0 unspecified atom stereocenters. The summed E-state index contributed by atoms with van der Waals surface area (Å²) in [6.45, 7) is 3.55. The lowest BCUT2D eigenvalue weighted by atomic mass is 9.91. The summed E-state index contributed by atoms with van der Waals surface area (Å²) in [7, 11) is 13.6. The molecule has 0 spiro atoms. The van der Waals surface area contributed by atoms with Crippen LogP contribution in [0.5, 0.6) is 34.5 Å². The van der Waals surface area contributed by atoms with Gasteiger partial charge in [0.05, 0.1) is 65.8 Å². The molecule has 4 aromatic heterocycles. The van der Waals surface area contributed by atoms with Crippen molar-refractivity contribution in [2.45, 2.75) is 38.0 Å². The number of aromatic nitrogens is 8. The first-order chi connectivity index (χ1) is 29.3. The molecule has 0 atom stereocenters. The number of anilines is 3. The fraction of sp³-hybridized carbons (Fsp3) is 0.442. The summed E-state index contributed by atoms with van der Waals surface area (Å²) in [4.78, 5) is 23.8. The maximum Gasteiger partial charge on any atom is 0.224 e. The Bertz CT molecular complexity index is 2370. The second-order valence-electron chi connectivity index (χ2n) is 14.9. The number of benzene rings is 2. The van der Waals surface area contributed by atoms with Gasteiger partial charge >= 0.3 is 0 Å². The van der Waals surface area contributed by atoms with Crippen LogP contribution in [-0.4, -0.2) is 123 Å². The maximum absolute atomic E-state index is 5.63. The Hall–Kier alpha value is -6.52. The molecule has 60 heavy (non-hydrogen) atoms. The van der Waals surface area contributed by atoms with E-state index in [-0.39, 0.29) is 0 Å². The molecule has 0 bridgehead atoms. The largest absolute Gasteiger partial charge is 0.493 e. The average molecular weight is 820 g/mol. The van der Waals surface area contributed by atoms with E-state index in [9.17, 15) is 0 Å². The lowest BCUT2D eigenvalue weighted by Gasteiger charge is -2.33. The lowest BCUT2D eigenvalue weighted by Crippen LogP contribution is -2.35. The van der Waals surface area contributed by atoms with Crippen molar-refractivity contribution in [1.82, 2.24) is 40.3 Å². The summed E-state index contributed by atoms with van der Waals surface area (Å²) in [6, 6.07) is 5.92. The predicted molar refractivity (Wildman–Crippen MR) is 230 cm³/mol. The number of methoxy groups -OCH3 is 6. The van der Waals surface area contributed by atoms with E-state index in [0.29, 0.717) is 46.3 Å². The average Bonchev–Trinajstić information content (AvgIpc) is 3.30. The molecular formula is C43H53N11O6. The Morgan fingerprint density at radius 1 is 0.617 bits per heavy atom. The third-order valence-electron chi connectivity index (χ3n) is 11.2. The fourth-order valence-electron chi connectivity index (χ4n) is 8.15. The van der Waals surface area contributed by atoms with Crippen LogP contribution < -0.4 is 43.1 Å². The van der Waals surface area contributed by atoms with E-state index in [4.69, 9.17) is 33.4 Å². The second kappa shape index (κ2) is 19.0. The van der Waals surface area contributed by atoms with Crippen LogP contribution in [0.3, 0.4) is 0 Å². The van der Waals surface area contributed by atoms with Crippen molar-refractivity contribution in [2.75, 3.05) is 97.6 Å². The fourth-order valence-corrected chi connectivity index (χ4v) is 8.15. The monoisotopic (exact) mass is 819 g/mol. The van der Waals surface area contributed by atoms with Crippen LogP contribution in [0.4, 0.5) is 17.6 Å². The van der Waals surface area contributed by atoms with Crippen LogP contribution in [-0.2, 0) is 6.42 Å². The first-order valence-electron chi connectivity index (χ1n) is 19.9. The van der Waals surface area contributed by atoms with Crippen LogP contribution in [0, 0.1) is 5.92 Å². The zero-order valence-corrected chi connectivity index (χ0v) is 35.6. The molecule has 316 valence electrons. The Labute approximate surface area is 350 Å². The highest BCUT2D eigenvalue weighted by Crippen LogP contribution is 2.47. The van der Waals surface area contributed by atoms with Gasteiger partial charge in [-0.15, -0.1) is 10.2 Å². The molecule has 0 saturated carbocycles. The van der Waals surface area contributed by atoms with Gasteiger partial charge in [-0.2, -0.15) is 10.2 Å².